The number of hydrogen-bond donors (Lipinski definition) is 1. The Morgan fingerprint density at radius 3 is 2.57 bits per heavy atom. The van der Waals surface area contributed by atoms with Crippen LogP contribution in [0.4, 0.5) is 10.1 Å². The molecule has 0 saturated heterocycles. The van der Waals surface area contributed by atoms with Crippen LogP contribution >= 0.6 is 0 Å². The van der Waals surface area contributed by atoms with E-state index in [1.807, 2.05) is 0 Å². The third-order valence-electron chi connectivity index (χ3n) is 2.71. The first-order chi connectivity index (χ1) is 9.88. The van der Waals surface area contributed by atoms with Gasteiger partial charge in [-0.3, -0.25) is 10.1 Å². The molecule has 0 aliphatic carbocycles. The van der Waals surface area contributed by atoms with Crippen molar-refractivity contribution in [3.8, 4) is 11.5 Å². The fourth-order valence-electron chi connectivity index (χ4n) is 1.73. The van der Waals surface area contributed by atoms with Crippen LogP contribution in [0.2, 0.25) is 0 Å². The molecule has 6 nitrogen and oxygen atoms in total. The van der Waals surface area contributed by atoms with Crippen LogP contribution in [0.15, 0.2) is 36.4 Å². The van der Waals surface area contributed by atoms with E-state index in [2.05, 4.69) is 0 Å². The zero-order chi connectivity index (χ0) is 15.6. The van der Waals surface area contributed by atoms with Crippen LogP contribution in [0, 0.1) is 22.9 Å². The van der Waals surface area contributed by atoms with Gasteiger partial charge in [-0.25, -0.2) is 4.79 Å². The van der Waals surface area contributed by atoms with Crippen LogP contribution in [0.3, 0.4) is 0 Å². The van der Waals surface area contributed by atoms with Crippen molar-refractivity contribution in [1.29, 1.82) is 0 Å². The van der Waals surface area contributed by atoms with Gasteiger partial charge in [-0.15, -0.1) is 0 Å². The highest BCUT2D eigenvalue weighted by molar-refractivity contribution is 5.91. The minimum Gasteiger partial charge on any atom is -0.478 e. The lowest BCUT2D eigenvalue weighted by Gasteiger charge is -2.09. The lowest BCUT2D eigenvalue weighted by molar-refractivity contribution is -0.387. The van der Waals surface area contributed by atoms with E-state index in [1.165, 1.54) is 18.2 Å². The summed E-state index contributed by atoms with van der Waals surface area (Å²) in [5.74, 6) is -2.23. The van der Waals surface area contributed by atoms with E-state index in [0.717, 1.165) is 17.7 Å². The van der Waals surface area contributed by atoms with Gasteiger partial charge in [0.15, 0.2) is 0 Å². The van der Waals surface area contributed by atoms with Gasteiger partial charge in [-0.2, -0.15) is 4.39 Å². The largest absolute Gasteiger partial charge is 0.478 e. The number of nitro benzene ring substituents is 1. The number of aryl methyl sites for hydroxylation is 1. The van der Waals surface area contributed by atoms with Crippen molar-refractivity contribution in [2.24, 2.45) is 0 Å². The topological polar surface area (TPSA) is 89.7 Å². The van der Waals surface area contributed by atoms with Crippen LogP contribution in [0.25, 0.3) is 0 Å². The van der Waals surface area contributed by atoms with Gasteiger partial charge in [0, 0.05) is 12.1 Å². The maximum Gasteiger partial charge on any atom is 0.339 e. The van der Waals surface area contributed by atoms with Crippen molar-refractivity contribution in [3.05, 3.63) is 63.5 Å². The SMILES string of the molecule is Cc1ccc(Oc2ccc([N+](=O)[O-])c(F)c2)c(C(=O)O)c1. The normalized spacial score (nSPS) is 10.2. The summed E-state index contributed by atoms with van der Waals surface area (Å²) >= 11 is 0. The Labute approximate surface area is 118 Å². The zero-order valence-corrected chi connectivity index (χ0v) is 10.9. The van der Waals surface area contributed by atoms with E-state index in [0.29, 0.717) is 0 Å². The number of carboxylic acid groups (broad SMARTS) is 1. The van der Waals surface area contributed by atoms with E-state index >= 15 is 0 Å². The average molecular weight is 291 g/mol. The number of hydrogen-bond acceptors (Lipinski definition) is 4. The molecule has 1 N–H and O–H groups in total. The van der Waals surface area contributed by atoms with Crippen molar-refractivity contribution < 1.29 is 24.0 Å². The summed E-state index contributed by atoms with van der Waals surface area (Å²) in [5, 5.41) is 19.6. The highest BCUT2D eigenvalue weighted by Gasteiger charge is 2.16. The number of rotatable bonds is 4. The number of halogens is 1. The van der Waals surface area contributed by atoms with Crippen LogP contribution in [-0.4, -0.2) is 16.0 Å². The number of aromatic carboxylic acids is 1. The third kappa shape index (κ3) is 3.14. The van der Waals surface area contributed by atoms with Crippen LogP contribution < -0.4 is 4.74 Å². The highest BCUT2D eigenvalue weighted by Crippen LogP contribution is 2.29. The summed E-state index contributed by atoms with van der Waals surface area (Å²) in [6.07, 6.45) is 0. The highest BCUT2D eigenvalue weighted by atomic mass is 19.1. The maximum atomic E-state index is 13.5. The maximum absolute atomic E-state index is 13.5. The average Bonchev–Trinajstić information content (AvgIpc) is 2.40. The number of ether oxygens (including phenoxy) is 1. The van der Waals surface area contributed by atoms with Crippen LogP contribution in [0.1, 0.15) is 15.9 Å². The molecule has 2 rings (SSSR count). The van der Waals surface area contributed by atoms with Gasteiger partial charge in [0.1, 0.15) is 17.1 Å². The number of carbonyl (C=O) groups is 1. The Morgan fingerprint density at radius 1 is 1.29 bits per heavy atom. The van der Waals surface area contributed by atoms with Crippen molar-refractivity contribution in [3.63, 3.8) is 0 Å². The predicted molar refractivity (Wildman–Crippen MR) is 71.3 cm³/mol. The second kappa shape index (κ2) is 5.58. The molecule has 0 aromatic heterocycles. The van der Waals surface area contributed by atoms with Crippen molar-refractivity contribution in [2.75, 3.05) is 0 Å². The summed E-state index contributed by atoms with van der Waals surface area (Å²) in [7, 11) is 0. The van der Waals surface area contributed by atoms with Crippen molar-refractivity contribution in [1.82, 2.24) is 0 Å². The molecule has 21 heavy (non-hydrogen) atoms. The Hall–Kier alpha value is -2.96. The molecule has 0 atom stereocenters. The molecule has 0 radical (unpaired) electrons. The van der Waals surface area contributed by atoms with E-state index < -0.39 is 22.4 Å². The Bertz CT molecular complexity index is 729. The van der Waals surface area contributed by atoms with Crippen LogP contribution in [-0.2, 0) is 0 Å². The number of benzene rings is 2. The molecule has 0 heterocycles. The molecular weight excluding hydrogens is 281 g/mol. The molecule has 2 aromatic rings. The molecule has 0 amide bonds. The minimum atomic E-state index is -1.18. The van der Waals surface area contributed by atoms with E-state index in [-0.39, 0.29) is 17.1 Å². The molecule has 0 bridgehead atoms. The predicted octanol–water partition coefficient (Wildman–Crippen LogP) is 3.53. The fourth-order valence-corrected chi connectivity index (χ4v) is 1.73. The first kappa shape index (κ1) is 14.4. The first-order valence-corrected chi connectivity index (χ1v) is 5.84. The Morgan fingerprint density at radius 2 is 2.00 bits per heavy atom. The lowest BCUT2D eigenvalue weighted by atomic mass is 10.1. The summed E-state index contributed by atoms with van der Waals surface area (Å²) in [6, 6.07) is 7.50. The zero-order valence-electron chi connectivity index (χ0n) is 10.9. The smallest absolute Gasteiger partial charge is 0.339 e. The standard InChI is InChI=1S/C14H10FNO5/c1-8-2-5-13(10(6-8)14(17)18)21-9-3-4-12(16(19)20)11(15)7-9/h2-7H,1H3,(H,17,18). The molecule has 2 aromatic carbocycles. The Kier molecular flexibility index (Phi) is 3.84. The molecule has 0 unspecified atom stereocenters. The second-order valence-corrected chi connectivity index (χ2v) is 4.28. The summed E-state index contributed by atoms with van der Waals surface area (Å²) < 4.78 is 18.8. The lowest BCUT2D eigenvalue weighted by Crippen LogP contribution is -2.01. The molecular formula is C14H10FNO5. The monoisotopic (exact) mass is 291 g/mol. The van der Waals surface area contributed by atoms with Crippen LogP contribution in [0.5, 0.6) is 11.5 Å². The number of carboxylic acids is 1. The second-order valence-electron chi connectivity index (χ2n) is 4.28. The van der Waals surface area contributed by atoms with E-state index in [9.17, 15) is 19.3 Å². The van der Waals surface area contributed by atoms with Gasteiger partial charge in [0.25, 0.3) is 0 Å². The molecule has 108 valence electrons. The van der Waals surface area contributed by atoms with Gasteiger partial charge >= 0.3 is 11.7 Å². The third-order valence-corrected chi connectivity index (χ3v) is 2.71. The molecule has 0 aliphatic heterocycles. The number of nitro groups is 1. The van der Waals surface area contributed by atoms with Gasteiger partial charge in [0.05, 0.1) is 4.92 Å². The van der Waals surface area contributed by atoms with Gasteiger partial charge < -0.3 is 9.84 Å². The van der Waals surface area contributed by atoms with E-state index in [1.54, 1.807) is 13.0 Å². The fraction of sp³-hybridized carbons (Fsp3) is 0.0714. The molecule has 0 fully saturated rings. The quantitative estimate of drug-likeness (QED) is 0.687. The first-order valence-electron chi connectivity index (χ1n) is 5.84. The molecule has 0 saturated carbocycles. The minimum absolute atomic E-state index is 0.0237. The summed E-state index contributed by atoms with van der Waals surface area (Å²) in [6.45, 7) is 1.72. The van der Waals surface area contributed by atoms with Crippen molar-refractivity contribution >= 4 is 11.7 Å². The summed E-state index contributed by atoms with van der Waals surface area (Å²) in [4.78, 5) is 20.8. The summed E-state index contributed by atoms with van der Waals surface area (Å²) in [5.41, 5.74) is -0.0203. The van der Waals surface area contributed by atoms with Crippen molar-refractivity contribution in [2.45, 2.75) is 6.92 Å². The van der Waals surface area contributed by atoms with Gasteiger partial charge in [0.2, 0.25) is 5.82 Å². The molecule has 0 spiro atoms. The van der Waals surface area contributed by atoms with E-state index in [4.69, 9.17) is 9.84 Å². The number of nitrogens with zero attached hydrogens (tertiary/aromatic N) is 1. The van der Waals surface area contributed by atoms with Gasteiger partial charge in [-0.05, 0) is 25.1 Å². The van der Waals surface area contributed by atoms with Gasteiger partial charge in [-0.1, -0.05) is 11.6 Å². The Balaban J connectivity index is 2.37. The molecule has 0 aliphatic rings. The molecule has 7 heteroatoms.